The summed E-state index contributed by atoms with van der Waals surface area (Å²) in [4.78, 5) is 28.9. The van der Waals surface area contributed by atoms with Crippen molar-refractivity contribution in [1.29, 1.82) is 0 Å². The molecule has 8 heteroatoms. The van der Waals surface area contributed by atoms with Gasteiger partial charge in [-0.25, -0.2) is 0 Å². The number of nitrogens with zero attached hydrogens (tertiary/aromatic N) is 2. The summed E-state index contributed by atoms with van der Waals surface area (Å²) in [6.45, 7) is 6.36. The topological polar surface area (TPSA) is 72.9 Å². The number of carbonyl (C=O) groups is 2. The van der Waals surface area contributed by atoms with E-state index in [9.17, 15) is 9.59 Å². The number of thioether (sulfide) groups is 1. The number of anilines is 1. The Bertz CT molecular complexity index is 624. The normalized spacial score (nSPS) is 16.6. The van der Waals surface area contributed by atoms with Crippen molar-refractivity contribution in [2.75, 3.05) is 37.8 Å². The maximum absolute atomic E-state index is 12.6. The molecule has 1 aliphatic rings. The van der Waals surface area contributed by atoms with Gasteiger partial charge in [-0.15, -0.1) is 24.2 Å². The lowest BCUT2D eigenvalue weighted by molar-refractivity contribution is -0.139. The van der Waals surface area contributed by atoms with Crippen molar-refractivity contribution < 1.29 is 14.7 Å². The molecule has 1 fully saturated rings. The second kappa shape index (κ2) is 11.5. The number of rotatable bonds is 8. The third-order valence-electron chi connectivity index (χ3n) is 5.02. The highest BCUT2D eigenvalue weighted by molar-refractivity contribution is 7.98. The Hall–Kier alpha value is -1.28. The van der Waals surface area contributed by atoms with E-state index in [1.54, 1.807) is 11.8 Å². The minimum absolute atomic E-state index is 0. The third-order valence-corrected chi connectivity index (χ3v) is 5.75. The molecule has 2 rings (SSSR count). The Morgan fingerprint density at radius 3 is 2.59 bits per heavy atom. The van der Waals surface area contributed by atoms with E-state index >= 15 is 0 Å². The predicted octanol–water partition coefficient (Wildman–Crippen LogP) is 3.03. The zero-order valence-electron chi connectivity index (χ0n) is 16.2. The van der Waals surface area contributed by atoms with Gasteiger partial charge in [0.15, 0.2) is 0 Å². The lowest BCUT2D eigenvalue weighted by atomic mass is 10.0. The van der Waals surface area contributed by atoms with Gasteiger partial charge in [0.05, 0.1) is 12.6 Å². The number of carboxylic acid groups (broad SMARTS) is 1. The maximum atomic E-state index is 12.6. The molecule has 0 saturated carbocycles. The molecule has 1 aromatic rings. The van der Waals surface area contributed by atoms with Crippen LogP contribution in [0, 0.1) is 0 Å². The first-order valence-electron chi connectivity index (χ1n) is 9.09. The number of carbonyl (C=O) groups excluding carboxylic acids is 1. The molecular formula is C19H30ClN3O3S. The highest BCUT2D eigenvalue weighted by Crippen LogP contribution is 2.21. The van der Waals surface area contributed by atoms with E-state index in [1.807, 2.05) is 49.3 Å². The Morgan fingerprint density at radius 2 is 2.04 bits per heavy atom. The number of halogens is 1. The van der Waals surface area contributed by atoms with E-state index in [0.717, 1.165) is 43.1 Å². The van der Waals surface area contributed by atoms with Crippen LogP contribution >= 0.6 is 24.2 Å². The lowest BCUT2D eigenvalue weighted by Crippen LogP contribution is -2.51. The predicted molar refractivity (Wildman–Crippen MR) is 113 cm³/mol. The maximum Gasteiger partial charge on any atom is 0.317 e. The number of hydrogen-bond acceptors (Lipinski definition) is 5. The minimum Gasteiger partial charge on any atom is -0.480 e. The van der Waals surface area contributed by atoms with Crippen LogP contribution in [-0.2, 0) is 9.59 Å². The molecule has 1 aromatic carbocycles. The monoisotopic (exact) mass is 415 g/mol. The average Bonchev–Trinajstić information content (AvgIpc) is 2.65. The minimum atomic E-state index is -0.783. The molecule has 6 nitrogen and oxygen atoms in total. The van der Waals surface area contributed by atoms with Gasteiger partial charge in [-0.05, 0) is 50.8 Å². The second-order valence-electron chi connectivity index (χ2n) is 6.62. The van der Waals surface area contributed by atoms with E-state index < -0.39 is 5.97 Å². The van der Waals surface area contributed by atoms with Crippen molar-refractivity contribution in [1.82, 2.24) is 9.80 Å². The van der Waals surface area contributed by atoms with Crippen LogP contribution in [0.3, 0.4) is 0 Å². The molecule has 0 radical (unpaired) electrons. The second-order valence-corrected chi connectivity index (χ2v) is 7.50. The molecule has 1 amide bonds. The van der Waals surface area contributed by atoms with Crippen molar-refractivity contribution in [2.24, 2.45) is 0 Å². The first-order valence-corrected chi connectivity index (χ1v) is 10.3. The van der Waals surface area contributed by atoms with Crippen molar-refractivity contribution in [3.05, 3.63) is 24.3 Å². The summed E-state index contributed by atoms with van der Waals surface area (Å²) in [5.74, 6) is -0.783. The van der Waals surface area contributed by atoms with Crippen molar-refractivity contribution in [3.8, 4) is 0 Å². The van der Waals surface area contributed by atoms with Gasteiger partial charge < -0.3 is 10.4 Å². The first kappa shape index (κ1) is 23.8. The van der Waals surface area contributed by atoms with E-state index in [2.05, 4.69) is 10.2 Å². The number of likely N-dealkylation sites (tertiary alicyclic amines) is 1. The molecule has 0 aliphatic carbocycles. The fourth-order valence-corrected chi connectivity index (χ4v) is 3.88. The van der Waals surface area contributed by atoms with Gasteiger partial charge in [-0.3, -0.25) is 19.4 Å². The molecule has 1 heterocycles. The average molecular weight is 416 g/mol. The Morgan fingerprint density at radius 1 is 1.37 bits per heavy atom. The number of amides is 1. The van der Waals surface area contributed by atoms with Crippen molar-refractivity contribution in [3.63, 3.8) is 0 Å². The summed E-state index contributed by atoms with van der Waals surface area (Å²) in [6, 6.07) is 7.92. The summed E-state index contributed by atoms with van der Waals surface area (Å²) in [6.07, 6.45) is 3.79. The highest BCUT2D eigenvalue weighted by atomic mass is 35.5. The quantitative estimate of drug-likeness (QED) is 0.636. The summed E-state index contributed by atoms with van der Waals surface area (Å²) >= 11 is 1.65. The van der Waals surface area contributed by atoms with Gasteiger partial charge in [0, 0.05) is 29.7 Å². The Balaban J connectivity index is 0.00000364. The number of nitrogens with one attached hydrogen (secondary N) is 1. The molecule has 1 saturated heterocycles. The smallest absolute Gasteiger partial charge is 0.317 e. The first-order chi connectivity index (χ1) is 12.4. The molecule has 0 spiro atoms. The van der Waals surface area contributed by atoms with Gasteiger partial charge in [0.25, 0.3) is 0 Å². The van der Waals surface area contributed by atoms with E-state index in [4.69, 9.17) is 5.11 Å². The number of aliphatic carboxylic acids is 1. The molecule has 1 atom stereocenters. The van der Waals surface area contributed by atoms with E-state index in [1.165, 1.54) is 0 Å². The fraction of sp³-hybridized carbons (Fsp3) is 0.579. The third kappa shape index (κ3) is 6.99. The lowest BCUT2D eigenvalue weighted by Gasteiger charge is -2.39. The van der Waals surface area contributed by atoms with Crippen LogP contribution in [0.25, 0.3) is 0 Å². The Kier molecular flexibility index (Phi) is 10.2. The van der Waals surface area contributed by atoms with Crippen LogP contribution in [0.15, 0.2) is 29.2 Å². The highest BCUT2D eigenvalue weighted by Gasteiger charge is 2.29. The van der Waals surface area contributed by atoms with E-state index in [0.29, 0.717) is 0 Å². The molecular weight excluding hydrogens is 386 g/mol. The zero-order chi connectivity index (χ0) is 19.1. The van der Waals surface area contributed by atoms with Gasteiger partial charge in [-0.2, -0.15) is 0 Å². The zero-order valence-corrected chi connectivity index (χ0v) is 17.8. The summed E-state index contributed by atoms with van der Waals surface area (Å²) in [5.41, 5.74) is 0.821. The van der Waals surface area contributed by atoms with Crippen LogP contribution in [0.5, 0.6) is 0 Å². The van der Waals surface area contributed by atoms with Crippen molar-refractivity contribution in [2.45, 2.75) is 43.7 Å². The number of likely N-dealkylation sites (N-methyl/N-ethyl adjacent to an activating group) is 1. The summed E-state index contributed by atoms with van der Waals surface area (Å²) < 4.78 is 0. The number of piperidine rings is 1. The number of hydrogen-bond donors (Lipinski definition) is 2. The van der Waals surface area contributed by atoms with Gasteiger partial charge in [0.2, 0.25) is 5.91 Å². The molecule has 2 N–H and O–H groups in total. The molecule has 0 aromatic heterocycles. The van der Waals surface area contributed by atoms with E-state index in [-0.39, 0.29) is 36.9 Å². The van der Waals surface area contributed by atoms with Crippen LogP contribution in [-0.4, -0.2) is 71.3 Å². The molecule has 0 bridgehead atoms. The standard InChI is InChI=1S/C19H29N3O3S.ClH/c1-4-21(13-18(23)24)16-8-10-22(11-9-16)14(2)19(25)20-15-6-5-7-17(12-15)26-3;/h5-7,12,14,16H,4,8-11,13H2,1-3H3,(H,20,25)(H,23,24);1H. The van der Waals surface area contributed by atoms with Crippen LogP contribution < -0.4 is 5.32 Å². The largest absolute Gasteiger partial charge is 0.480 e. The van der Waals surface area contributed by atoms with Crippen LogP contribution in [0.1, 0.15) is 26.7 Å². The fourth-order valence-electron chi connectivity index (χ4n) is 3.42. The number of carboxylic acids is 1. The van der Waals surface area contributed by atoms with Gasteiger partial charge in [-0.1, -0.05) is 13.0 Å². The SMILES string of the molecule is CCN(CC(=O)O)C1CCN(C(C)C(=O)Nc2cccc(SC)c2)CC1.Cl. The summed E-state index contributed by atoms with van der Waals surface area (Å²) in [7, 11) is 0. The number of benzene rings is 1. The molecule has 1 aliphatic heterocycles. The molecule has 1 unspecified atom stereocenters. The van der Waals surface area contributed by atoms with Gasteiger partial charge >= 0.3 is 5.97 Å². The van der Waals surface area contributed by atoms with Crippen LogP contribution in [0.4, 0.5) is 5.69 Å². The van der Waals surface area contributed by atoms with Crippen molar-refractivity contribution >= 4 is 41.7 Å². The van der Waals surface area contributed by atoms with Gasteiger partial charge in [0.1, 0.15) is 0 Å². The molecule has 27 heavy (non-hydrogen) atoms. The molecule has 152 valence electrons. The van der Waals surface area contributed by atoms with Crippen LogP contribution in [0.2, 0.25) is 0 Å². The summed E-state index contributed by atoms with van der Waals surface area (Å²) in [5, 5.41) is 12.0. The Labute approximate surface area is 172 Å².